The number of nitrogens with one attached hydrogen (secondary N) is 1. The normalized spacial score (nSPS) is 25.2. The zero-order valence-corrected chi connectivity index (χ0v) is 14.1. The first-order valence-electron chi connectivity index (χ1n) is 7.31. The molecular weight excluding hydrogens is 294 g/mol. The van der Waals surface area contributed by atoms with Crippen molar-refractivity contribution in [3.05, 3.63) is 0 Å². The van der Waals surface area contributed by atoms with Crippen molar-refractivity contribution in [2.75, 3.05) is 12.0 Å². The zero-order valence-electron chi connectivity index (χ0n) is 13.3. The van der Waals surface area contributed by atoms with Crippen LogP contribution in [0, 0.1) is 5.92 Å². The molecule has 21 heavy (non-hydrogen) atoms. The van der Waals surface area contributed by atoms with Gasteiger partial charge in [-0.25, -0.2) is 13.2 Å². The van der Waals surface area contributed by atoms with E-state index in [0.717, 1.165) is 19.1 Å². The van der Waals surface area contributed by atoms with E-state index >= 15 is 0 Å². The van der Waals surface area contributed by atoms with Crippen molar-refractivity contribution in [1.82, 2.24) is 5.32 Å². The summed E-state index contributed by atoms with van der Waals surface area (Å²) in [6.07, 6.45) is 2.75. The Morgan fingerprint density at radius 3 is 2.24 bits per heavy atom. The van der Waals surface area contributed by atoms with Crippen LogP contribution >= 0.6 is 0 Å². The fourth-order valence-electron chi connectivity index (χ4n) is 2.57. The summed E-state index contributed by atoms with van der Waals surface area (Å²) in [5.74, 6) is -0.210. The van der Waals surface area contributed by atoms with Crippen LogP contribution in [0.5, 0.6) is 0 Å². The van der Waals surface area contributed by atoms with E-state index in [2.05, 4.69) is 5.32 Å². The van der Waals surface area contributed by atoms with Crippen LogP contribution < -0.4 is 5.32 Å². The smallest absolute Gasteiger partial charge is 0.407 e. The lowest BCUT2D eigenvalue weighted by Gasteiger charge is -2.32. The minimum absolute atomic E-state index is 0.0172. The second kappa shape index (κ2) is 6.96. The molecule has 1 amide bonds. The Balaban J connectivity index is 2.37. The average molecular weight is 321 g/mol. The molecule has 1 aliphatic rings. The SMILES string of the molecule is CC(C)(C)OC(=O)N[C@H]1CC[C@H](C(O)CS(C)(=O)=O)CC1. The highest BCUT2D eigenvalue weighted by atomic mass is 32.2. The standard InChI is InChI=1S/C14H27NO5S/c1-14(2,3)20-13(17)15-11-7-5-10(6-8-11)12(16)9-21(4,18)19/h10-12,16H,5-9H2,1-4H3,(H,15,17)/t10-,11-,12?. The second-order valence-electron chi connectivity index (χ2n) is 6.92. The van der Waals surface area contributed by atoms with Crippen LogP contribution in [0.3, 0.4) is 0 Å². The molecule has 6 nitrogen and oxygen atoms in total. The van der Waals surface area contributed by atoms with Crippen molar-refractivity contribution >= 4 is 15.9 Å². The van der Waals surface area contributed by atoms with Gasteiger partial charge >= 0.3 is 6.09 Å². The van der Waals surface area contributed by atoms with E-state index in [1.165, 1.54) is 0 Å². The number of ether oxygens (including phenoxy) is 1. The molecule has 0 saturated heterocycles. The first-order valence-corrected chi connectivity index (χ1v) is 9.37. The van der Waals surface area contributed by atoms with Crippen LogP contribution in [0.15, 0.2) is 0 Å². The molecule has 0 radical (unpaired) electrons. The number of aliphatic hydroxyl groups excluding tert-OH is 1. The number of hydrogen-bond acceptors (Lipinski definition) is 5. The van der Waals surface area contributed by atoms with E-state index in [1.54, 1.807) is 0 Å². The summed E-state index contributed by atoms with van der Waals surface area (Å²) < 4.78 is 27.6. The summed E-state index contributed by atoms with van der Waals surface area (Å²) in [5.41, 5.74) is -0.521. The summed E-state index contributed by atoms with van der Waals surface area (Å²) in [6.45, 7) is 5.43. The lowest BCUT2D eigenvalue weighted by atomic mass is 9.83. The van der Waals surface area contributed by atoms with Gasteiger partial charge in [0.1, 0.15) is 15.4 Å². The van der Waals surface area contributed by atoms with Gasteiger partial charge < -0.3 is 15.2 Å². The highest BCUT2D eigenvalue weighted by molar-refractivity contribution is 7.90. The molecule has 0 aliphatic heterocycles. The molecule has 1 atom stereocenters. The fourth-order valence-corrected chi connectivity index (χ4v) is 3.46. The molecule has 0 aromatic carbocycles. The molecule has 7 heteroatoms. The van der Waals surface area contributed by atoms with Gasteiger partial charge in [-0.05, 0) is 52.4 Å². The van der Waals surface area contributed by atoms with Crippen molar-refractivity contribution in [3.8, 4) is 0 Å². The summed E-state index contributed by atoms with van der Waals surface area (Å²) in [4.78, 5) is 11.7. The first-order chi connectivity index (χ1) is 9.46. The largest absolute Gasteiger partial charge is 0.444 e. The molecule has 1 rings (SSSR count). The Morgan fingerprint density at radius 2 is 1.81 bits per heavy atom. The van der Waals surface area contributed by atoms with Crippen molar-refractivity contribution in [1.29, 1.82) is 0 Å². The second-order valence-corrected chi connectivity index (χ2v) is 9.10. The van der Waals surface area contributed by atoms with E-state index in [-0.39, 0.29) is 17.7 Å². The van der Waals surface area contributed by atoms with E-state index in [9.17, 15) is 18.3 Å². The van der Waals surface area contributed by atoms with Crippen LogP contribution in [-0.2, 0) is 14.6 Å². The molecule has 0 bridgehead atoms. The van der Waals surface area contributed by atoms with Gasteiger partial charge in [-0.1, -0.05) is 0 Å². The quantitative estimate of drug-likeness (QED) is 0.818. The topological polar surface area (TPSA) is 92.7 Å². The van der Waals surface area contributed by atoms with Crippen molar-refractivity contribution in [2.24, 2.45) is 5.92 Å². The molecule has 0 aromatic rings. The third-order valence-corrected chi connectivity index (χ3v) is 4.46. The molecule has 2 N–H and O–H groups in total. The van der Waals surface area contributed by atoms with E-state index in [4.69, 9.17) is 4.74 Å². The van der Waals surface area contributed by atoms with Crippen LogP contribution in [0.2, 0.25) is 0 Å². The maximum atomic E-state index is 11.7. The number of rotatable bonds is 4. The van der Waals surface area contributed by atoms with Crippen molar-refractivity contribution < 1.29 is 23.1 Å². The number of aliphatic hydroxyl groups is 1. The maximum absolute atomic E-state index is 11.7. The zero-order chi connectivity index (χ0) is 16.3. The third-order valence-electron chi connectivity index (χ3n) is 3.51. The minimum Gasteiger partial charge on any atom is -0.444 e. The highest BCUT2D eigenvalue weighted by Crippen LogP contribution is 2.27. The fraction of sp³-hybridized carbons (Fsp3) is 0.929. The van der Waals surface area contributed by atoms with Gasteiger partial charge in [0, 0.05) is 12.3 Å². The number of sulfone groups is 1. The molecule has 1 aliphatic carbocycles. The van der Waals surface area contributed by atoms with Gasteiger partial charge in [-0.3, -0.25) is 0 Å². The van der Waals surface area contributed by atoms with Gasteiger partial charge in [0.2, 0.25) is 0 Å². The molecule has 0 spiro atoms. The Kier molecular flexibility index (Phi) is 6.04. The Hall–Kier alpha value is -0.820. The van der Waals surface area contributed by atoms with E-state index in [0.29, 0.717) is 12.8 Å². The van der Waals surface area contributed by atoms with E-state index in [1.807, 2.05) is 20.8 Å². The van der Waals surface area contributed by atoms with Gasteiger partial charge in [0.25, 0.3) is 0 Å². The average Bonchev–Trinajstić information content (AvgIpc) is 2.24. The van der Waals surface area contributed by atoms with Crippen LogP contribution in [-0.4, -0.2) is 49.4 Å². The molecule has 1 saturated carbocycles. The predicted molar refractivity (Wildman–Crippen MR) is 80.8 cm³/mol. The monoisotopic (exact) mass is 321 g/mol. The molecule has 0 heterocycles. The predicted octanol–water partition coefficient (Wildman–Crippen LogP) is 1.48. The number of amides is 1. The summed E-state index contributed by atoms with van der Waals surface area (Å²) in [5, 5.41) is 12.8. The Labute approximate surface area is 127 Å². The first kappa shape index (κ1) is 18.2. The van der Waals surface area contributed by atoms with Crippen molar-refractivity contribution in [3.63, 3.8) is 0 Å². The Morgan fingerprint density at radius 1 is 1.29 bits per heavy atom. The molecule has 0 aromatic heterocycles. The lowest BCUT2D eigenvalue weighted by Crippen LogP contribution is -2.42. The number of hydrogen-bond donors (Lipinski definition) is 2. The van der Waals surface area contributed by atoms with E-state index < -0.39 is 27.6 Å². The summed E-state index contributed by atoms with van der Waals surface area (Å²) >= 11 is 0. The third kappa shape index (κ3) is 7.66. The lowest BCUT2D eigenvalue weighted by molar-refractivity contribution is 0.0464. The number of carbonyl (C=O) groups is 1. The summed E-state index contributed by atoms with van der Waals surface area (Å²) in [7, 11) is -3.17. The Bertz CT molecular complexity index is 446. The highest BCUT2D eigenvalue weighted by Gasteiger charge is 2.29. The van der Waals surface area contributed by atoms with Gasteiger partial charge in [-0.2, -0.15) is 0 Å². The van der Waals surface area contributed by atoms with Gasteiger partial charge in [0.05, 0.1) is 11.9 Å². The minimum atomic E-state index is -3.17. The number of alkyl carbamates (subject to hydrolysis) is 1. The van der Waals surface area contributed by atoms with Crippen LogP contribution in [0.25, 0.3) is 0 Å². The van der Waals surface area contributed by atoms with Crippen LogP contribution in [0.1, 0.15) is 46.5 Å². The molecule has 124 valence electrons. The molecule has 1 fully saturated rings. The van der Waals surface area contributed by atoms with Crippen molar-refractivity contribution in [2.45, 2.75) is 64.2 Å². The molecular formula is C14H27NO5S. The summed E-state index contributed by atoms with van der Waals surface area (Å²) in [6, 6.07) is 0.0292. The number of carbonyl (C=O) groups excluding carboxylic acids is 1. The maximum Gasteiger partial charge on any atom is 0.407 e. The molecule has 1 unspecified atom stereocenters. The van der Waals surface area contributed by atoms with Gasteiger partial charge in [0.15, 0.2) is 0 Å². The van der Waals surface area contributed by atoms with Crippen LogP contribution in [0.4, 0.5) is 4.79 Å². The van der Waals surface area contributed by atoms with Gasteiger partial charge in [-0.15, -0.1) is 0 Å².